The Hall–Kier alpha value is -1.91. The molecule has 0 aliphatic carbocycles. The van der Waals surface area contributed by atoms with Gasteiger partial charge >= 0.3 is 11.9 Å². The van der Waals surface area contributed by atoms with E-state index in [2.05, 4.69) is 0 Å². The van der Waals surface area contributed by atoms with Crippen LogP contribution in [0.3, 0.4) is 0 Å². The number of benzene rings is 1. The minimum absolute atomic E-state index is 0.348. The third-order valence-electron chi connectivity index (χ3n) is 2.02. The number of anilines is 1. The second-order valence-electron chi connectivity index (χ2n) is 3.10. The van der Waals surface area contributed by atoms with Gasteiger partial charge in [0.25, 0.3) is 0 Å². The van der Waals surface area contributed by atoms with Crippen LogP contribution in [0.2, 0.25) is 0 Å². The van der Waals surface area contributed by atoms with Gasteiger partial charge in [-0.3, -0.25) is 4.79 Å². The number of hydrogen-bond donors (Lipinski definition) is 1. The average molecular weight is 211 g/mol. The Balaban J connectivity index is 3.02. The van der Waals surface area contributed by atoms with E-state index in [1.807, 2.05) is 0 Å². The van der Waals surface area contributed by atoms with Gasteiger partial charge in [0.15, 0.2) is 0 Å². The van der Waals surface area contributed by atoms with Crippen molar-refractivity contribution < 1.29 is 19.1 Å². The topological polar surface area (TPSA) is 57.6 Å². The Bertz CT molecular complexity index is 417. The number of amides is 1. The van der Waals surface area contributed by atoms with Crippen LogP contribution in [0.4, 0.5) is 10.1 Å². The van der Waals surface area contributed by atoms with Crippen LogP contribution >= 0.6 is 0 Å². The van der Waals surface area contributed by atoms with Gasteiger partial charge in [0.05, 0.1) is 0 Å². The second-order valence-corrected chi connectivity index (χ2v) is 3.10. The Morgan fingerprint density at radius 3 is 2.47 bits per heavy atom. The summed E-state index contributed by atoms with van der Waals surface area (Å²) in [7, 11) is 1.32. The summed E-state index contributed by atoms with van der Waals surface area (Å²) < 4.78 is 12.9. The first-order valence-electron chi connectivity index (χ1n) is 4.20. The van der Waals surface area contributed by atoms with Crippen LogP contribution in [0.15, 0.2) is 18.2 Å². The zero-order valence-electron chi connectivity index (χ0n) is 8.32. The Kier molecular flexibility index (Phi) is 3.04. The van der Waals surface area contributed by atoms with E-state index in [1.54, 1.807) is 0 Å². The third kappa shape index (κ3) is 2.31. The first-order valence-corrected chi connectivity index (χ1v) is 4.20. The Labute approximate surface area is 85.9 Å². The van der Waals surface area contributed by atoms with Crippen LogP contribution in [-0.2, 0) is 9.59 Å². The molecule has 15 heavy (non-hydrogen) atoms. The maximum atomic E-state index is 12.9. The number of aliphatic carboxylic acids is 1. The van der Waals surface area contributed by atoms with Crippen molar-refractivity contribution >= 4 is 17.6 Å². The number of carboxylic acid groups (broad SMARTS) is 1. The lowest BCUT2D eigenvalue weighted by molar-refractivity contribution is -0.148. The van der Waals surface area contributed by atoms with Gasteiger partial charge in [0.1, 0.15) is 5.82 Å². The minimum Gasteiger partial charge on any atom is -0.474 e. The predicted molar refractivity (Wildman–Crippen MR) is 52.2 cm³/mol. The molecule has 0 saturated carbocycles. The summed E-state index contributed by atoms with van der Waals surface area (Å²) in [6.07, 6.45) is 0. The number of halogens is 1. The highest BCUT2D eigenvalue weighted by Crippen LogP contribution is 2.17. The lowest BCUT2D eigenvalue weighted by Gasteiger charge is -2.15. The molecule has 1 rings (SSSR count). The van der Waals surface area contributed by atoms with Gasteiger partial charge in [-0.15, -0.1) is 0 Å². The molecule has 0 fully saturated rings. The summed E-state index contributed by atoms with van der Waals surface area (Å²) in [4.78, 5) is 22.4. The van der Waals surface area contributed by atoms with Crippen LogP contribution in [-0.4, -0.2) is 24.0 Å². The van der Waals surface area contributed by atoms with E-state index >= 15 is 0 Å². The molecule has 0 radical (unpaired) electrons. The molecule has 1 aromatic rings. The van der Waals surface area contributed by atoms with Gasteiger partial charge in [-0.2, -0.15) is 0 Å². The van der Waals surface area contributed by atoms with Gasteiger partial charge < -0.3 is 10.0 Å². The monoisotopic (exact) mass is 211 g/mol. The van der Waals surface area contributed by atoms with Crippen molar-refractivity contribution in [1.29, 1.82) is 0 Å². The molecule has 0 aromatic heterocycles. The van der Waals surface area contributed by atoms with E-state index in [1.165, 1.54) is 32.2 Å². The molecule has 0 unspecified atom stereocenters. The molecule has 1 aromatic carbocycles. The predicted octanol–water partition coefficient (Wildman–Crippen LogP) is 1.18. The number of carboxylic acids is 1. The lowest BCUT2D eigenvalue weighted by atomic mass is 10.2. The largest absolute Gasteiger partial charge is 0.474 e. The van der Waals surface area contributed by atoms with Crippen molar-refractivity contribution in [3.8, 4) is 0 Å². The fraction of sp³-hybridized carbons (Fsp3) is 0.200. The number of aryl methyl sites for hydroxylation is 1. The summed E-state index contributed by atoms with van der Waals surface area (Å²) in [6, 6.07) is 3.95. The number of likely N-dealkylation sites (N-methyl/N-ethyl adjacent to an activating group) is 1. The summed E-state index contributed by atoms with van der Waals surface area (Å²) in [6.45, 7) is 1.54. The molecular weight excluding hydrogens is 201 g/mol. The van der Waals surface area contributed by atoms with Crippen molar-refractivity contribution in [1.82, 2.24) is 0 Å². The highest BCUT2D eigenvalue weighted by molar-refractivity contribution is 6.37. The van der Waals surface area contributed by atoms with Gasteiger partial charge in [0.2, 0.25) is 0 Å². The zero-order valence-corrected chi connectivity index (χ0v) is 8.32. The van der Waals surface area contributed by atoms with Crippen molar-refractivity contribution in [2.75, 3.05) is 11.9 Å². The molecule has 0 heterocycles. The number of rotatable bonds is 1. The van der Waals surface area contributed by atoms with Crippen molar-refractivity contribution in [2.45, 2.75) is 6.92 Å². The smallest absolute Gasteiger partial charge is 0.394 e. The van der Waals surface area contributed by atoms with Crippen LogP contribution in [0.25, 0.3) is 0 Å². The standard InChI is InChI=1S/C10H10FNO3/c1-6-5-7(3-4-8(6)11)12(2)9(13)10(14)15/h3-5H,1-2H3,(H,14,15). The second kappa shape index (κ2) is 4.08. The molecule has 0 aliphatic heterocycles. The maximum absolute atomic E-state index is 12.9. The van der Waals surface area contributed by atoms with Crippen LogP contribution < -0.4 is 4.90 Å². The molecule has 0 bridgehead atoms. The molecule has 5 heteroatoms. The SMILES string of the molecule is Cc1cc(N(C)C(=O)C(=O)O)ccc1F. The third-order valence-corrected chi connectivity index (χ3v) is 2.02. The number of carbonyl (C=O) groups excluding carboxylic acids is 1. The summed E-state index contributed by atoms with van der Waals surface area (Å²) in [5, 5.41) is 8.47. The molecule has 1 N–H and O–H groups in total. The number of carbonyl (C=O) groups is 2. The van der Waals surface area contributed by atoms with Crippen LogP contribution in [0.5, 0.6) is 0 Å². The van der Waals surface area contributed by atoms with Gasteiger partial charge in [-0.05, 0) is 30.7 Å². The molecule has 0 saturated heterocycles. The molecule has 0 atom stereocenters. The molecule has 4 nitrogen and oxygen atoms in total. The molecule has 0 spiro atoms. The van der Waals surface area contributed by atoms with Crippen LogP contribution in [0, 0.1) is 12.7 Å². The molecule has 80 valence electrons. The van der Waals surface area contributed by atoms with Gasteiger partial charge in [0, 0.05) is 12.7 Å². The Morgan fingerprint density at radius 1 is 1.40 bits per heavy atom. The Morgan fingerprint density at radius 2 is 2.00 bits per heavy atom. The maximum Gasteiger partial charge on any atom is 0.394 e. The summed E-state index contributed by atoms with van der Waals surface area (Å²) >= 11 is 0. The number of nitrogens with zero attached hydrogens (tertiary/aromatic N) is 1. The fourth-order valence-electron chi connectivity index (χ4n) is 1.10. The summed E-state index contributed by atoms with van der Waals surface area (Å²) in [5.41, 5.74) is 0.707. The highest BCUT2D eigenvalue weighted by atomic mass is 19.1. The first kappa shape index (κ1) is 11.2. The van der Waals surface area contributed by atoms with E-state index in [0.717, 1.165) is 4.90 Å². The van der Waals surface area contributed by atoms with E-state index in [0.29, 0.717) is 11.3 Å². The highest BCUT2D eigenvalue weighted by Gasteiger charge is 2.18. The average Bonchev–Trinajstić information content (AvgIpc) is 2.19. The lowest BCUT2D eigenvalue weighted by Crippen LogP contribution is -2.32. The molecular formula is C10H10FNO3. The number of hydrogen-bond acceptors (Lipinski definition) is 2. The minimum atomic E-state index is -1.54. The van der Waals surface area contributed by atoms with E-state index < -0.39 is 17.7 Å². The van der Waals surface area contributed by atoms with Gasteiger partial charge in [-0.25, -0.2) is 9.18 Å². The van der Waals surface area contributed by atoms with E-state index in [4.69, 9.17) is 5.11 Å². The van der Waals surface area contributed by atoms with Crippen LogP contribution in [0.1, 0.15) is 5.56 Å². The quantitative estimate of drug-likeness (QED) is 0.709. The molecule has 0 aliphatic rings. The van der Waals surface area contributed by atoms with Crippen molar-refractivity contribution in [2.24, 2.45) is 0 Å². The first-order chi connectivity index (χ1) is 6.93. The summed E-state index contributed by atoms with van der Waals surface area (Å²) in [5.74, 6) is -2.99. The van der Waals surface area contributed by atoms with Crippen molar-refractivity contribution in [3.63, 3.8) is 0 Å². The zero-order chi connectivity index (χ0) is 11.6. The molecule has 1 amide bonds. The van der Waals surface area contributed by atoms with E-state index in [-0.39, 0.29) is 0 Å². The van der Waals surface area contributed by atoms with E-state index in [9.17, 15) is 14.0 Å². The van der Waals surface area contributed by atoms with Gasteiger partial charge in [-0.1, -0.05) is 0 Å². The van der Waals surface area contributed by atoms with Crippen molar-refractivity contribution in [3.05, 3.63) is 29.6 Å². The fourth-order valence-corrected chi connectivity index (χ4v) is 1.10. The normalized spacial score (nSPS) is 9.80.